The topological polar surface area (TPSA) is 18.5 Å². The number of benzene rings is 3. The summed E-state index contributed by atoms with van der Waals surface area (Å²) in [5, 5.41) is 5.77. The molecule has 4 heteroatoms. The fourth-order valence-corrected chi connectivity index (χ4v) is 8.74. The van der Waals surface area contributed by atoms with Crippen molar-refractivity contribution in [1.29, 1.82) is 0 Å². The monoisotopic (exact) mass is 406 g/mol. The molecule has 0 aliphatic heterocycles. The van der Waals surface area contributed by atoms with Crippen LogP contribution in [0.3, 0.4) is 0 Å². The van der Waals surface area contributed by atoms with E-state index < -0.39 is 17.6 Å². The Morgan fingerprint density at radius 1 is 0.500 bits per heavy atom. The fourth-order valence-electron chi connectivity index (χ4n) is 3.57. The summed E-state index contributed by atoms with van der Waals surface area (Å²) in [6.07, 6.45) is 1.69. The maximum Gasteiger partial charge on any atom is 0.130 e. The summed E-state index contributed by atoms with van der Waals surface area (Å²) in [6.45, 7) is 5.68. The summed E-state index contributed by atoms with van der Waals surface area (Å²) in [6, 6.07) is 31.1. The summed E-state index contributed by atoms with van der Waals surface area (Å²) in [7, 11) is -2.71. The Kier molecular flexibility index (Phi) is 8.24. The van der Waals surface area contributed by atoms with Crippen molar-refractivity contribution in [3.63, 3.8) is 0 Å². The summed E-state index contributed by atoms with van der Waals surface area (Å²) >= 11 is 0. The summed E-state index contributed by atoms with van der Waals surface area (Å²) < 4.78 is 11.7. The second kappa shape index (κ2) is 11.1. The minimum Gasteiger partial charge on any atom is -0.385 e. The van der Waals surface area contributed by atoms with Gasteiger partial charge in [-0.3, -0.25) is 0 Å². The van der Waals surface area contributed by atoms with E-state index in [1.165, 1.54) is 20.7 Å². The molecule has 3 aromatic carbocycles. The van der Waals surface area contributed by atoms with E-state index in [1.54, 1.807) is 0 Å². The molecular formula is C24H30O2Si2. The van der Waals surface area contributed by atoms with Crippen molar-refractivity contribution in [3.05, 3.63) is 84.9 Å². The summed E-state index contributed by atoms with van der Waals surface area (Å²) in [4.78, 5) is 0. The van der Waals surface area contributed by atoms with Crippen molar-refractivity contribution in [2.45, 2.75) is 13.8 Å². The predicted octanol–water partition coefficient (Wildman–Crippen LogP) is 1.52. The van der Waals surface area contributed by atoms with Crippen molar-refractivity contribution in [1.82, 2.24) is 0 Å². The number of hydrogen-bond acceptors (Lipinski definition) is 2. The van der Waals surface area contributed by atoms with E-state index in [0.717, 1.165) is 25.7 Å². The molecule has 3 aromatic rings. The number of ether oxygens (including phenoxy) is 2. The first-order chi connectivity index (χ1) is 13.8. The highest BCUT2D eigenvalue weighted by molar-refractivity contribution is 6.86. The lowest BCUT2D eigenvalue weighted by Gasteiger charge is -2.19. The van der Waals surface area contributed by atoms with E-state index in [2.05, 4.69) is 98.8 Å². The standard InChI is InChI=1S/C24H30O2Si2/c1-3-25-19-27(21-11-7-5-8-12-21)23-15-17-24(18-16-23)28(20-26-4-2)22-13-9-6-10-14-22/h5-18,27-28H,3-4,19-20H2,1-2H3. The third-order valence-corrected chi connectivity index (χ3v) is 11.0. The van der Waals surface area contributed by atoms with Gasteiger partial charge in [-0.1, -0.05) is 106 Å². The Morgan fingerprint density at radius 3 is 1.14 bits per heavy atom. The van der Waals surface area contributed by atoms with E-state index in [-0.39, 0.29) is 0 Å². The average molecular weight is 407 g/mol. The van der Waals surface area contributed by atoms with Gasteiger partial charge in [-0.05, 0) is 13.8 Å². The molecule has 0 aliphatic rings. The summed E-state index contributed by atoms with van der Waals surface area (Å²) in [5.41, 5.74) is 0. The molecule has 0 aliphatic carbocycles. The molecule has 0 spiro atoms. The Labute approximate surface area is 172 Å². The van der Waals surface area contributed by atoms with Gasteiger partial charge in [0.1, 0.15) is 17.6 Å². The first-order valence-corrected chi connectivity index (χ1v) is 14.1. The first kappa shape index (κ1) is 20.7. The van der Waals surface area contributed by atoms with Crippen LogP contribution >= 0.6 is 0 Å². The van der Waals surface area contributed by atoms with Gasteiger partial charge in [-0.15, -0.1) is 0 Å². The van der Waals surface area contributed by atoms with Crippen molar-refractivity contribution in [2.24, 2.45) is 0 Å². The maximum absolute atomic E-state index is 5.86. The lowest BCUT2D eigenvalue weighted by molar-refractivity contribution is 0.192. The van der Waals surface area contributed by atoms with Crippen LogP contribution in [0, 0.1) is 0 Å². The highest BCUT2D eigenvalue weighted by Gasteiger charge is 2.19. The Morgan fingerprint density at radius 2 is 0.821 bits per heavy atom. The zero-order valence-electron chi connectivity index (χ0n) is 16.9. The molecule has 0 N–H and O–H groups in total. The van der Waals surface area contributed by atoms with Crippen LogP contribution in [0.2, 0.25) is 0 Å². The largest absolute Gasteiger partial charge is 0.385 e. The molecule has 2 unspecified atom stereocenters. The SMILES string of the molecule is CCOC[SiH](c1ccccc1)c1ccc([SiH](COCC)c2ccccc2)cc1. The lowest BCUT2D eigenvalue weighted by Crippen LogP contribution is -2.49. The number of hydrogen-bond donors (Lipinski definition) is 0. The molecule has 0 amide bonds. The molecule has 0 saturated heterocycles. The highest BCUT2D eigenvalue weighted by Crippen LogP contribution is 1.97. The van der Waals surface area contributed by atoms with Gasteiger partial charge in [0.25, 0.3) is 0 Å². The minimum atomic E-state index is -1.35. The molecule has 3 rings (SSSR count). The summed E-state index contributed by atoms with van der Waals surface area (Å²) in [5.74, 6) is 0. The van der Waals surface area contributed by atoms with E-state index in [9.17, 15) is 0 Å². The molecule has 2 nitrogen and oxygen atoms in total. The normalized spacial score (nSPS) is 13.2. The quantitative estimate of drug-likeness (QED) is 0.475. The van der Waals surface area contributed by atoms with Crippen molar-refractivity contribution in [3.8, 4) is 0 Å². The van der Waals surface area contributed by atoms with Crippen LogP contribution in [0.15, 0.2) is 84.9 Å². The van der Waals surface area contributed by atoms with Gasteiger partial charge in [0.05, 0.1) is 0 Å². The van der Waals surface area contributed by atoms with Crippen LogP contribution in [0.4, 0.5) is 0 Å². The van der Waals surface area contributed by atoms with Gasteiger partial charge in [-0.25, -0.2) is 0 Å². The molecule has 0 bridgehead atoms. The predicted molar refractivity (Wildman–Crippen MR) is 125 cm³/mol. The lowest BCUT2D eigenvalue weighted by atomic mass is 10.3. The number of rotatable bonds is 10. The smallest absolute Gasteiger partial charge is 0.130 e. The molecule has 0 aromatic heterocycles. The first-order valence-electron chi connectivity index (χ1n) is 10.2. The van der Waals surface area contributed by atoms with E-state index in [1.807, 2.05) is 0 Å². The third-order valence-electron chi connectivity index (χ3n) is 5.12. The van der Waals surface area contributed by atoms with Crippen molar-refractivity contribution in [2.75, 3.05) is 25.7 Å². The van der Waals surface area contributed by atoms with Gasteiger partial charge in [0, 0.05) is 25.7 Å². The average Bonchev–Trinajstić information content (AvgIpc) is 2.77. The molecule has 2 atom stereocenters. The minimum absolute atomic E-state index is 0.770. The van der Waals surface area contributed by atoms with Gasteiger partial charge in [0.2, 0.25) is 0 Å². The maximum atomic E-state index is 5.86. The molecule has 0 heterocycles. The van der Waals surface area contributed by atoms with Gasteiger partial charge < -0.3 is 9.47 Å². The third kappa shape index (κ3) is 5.52. The van der Waals surface area contributed by atoms with Gasteiger partial charge in [0.15, 0.2) is 0 Å². The Balaban J connectivity index is 1.86. The molecule has 0 saturated carbocycles. The fraction of sp³-hybridized carbons (Fsp3) is 0.250. The molecule has 0 radical (unpaired) electrons. The van der Waals surface area contributed by atoms with Crippen LogP contribution in [0.25, 0.3) is 0 Å². The van der Waals surface area contributed by atoms with Crippen molar-refractivity contribution < 1.29 is 9.47 Å². The zero-order valence-corrected chi connectivity index (χ0v) is 19.2. The Hall–Kier alpha value is -1.99. The molecule has 0 fully saturated rings. The van der Waals surface area contributed by atoms with Crippen molar-refractivity contribution >= 4 is 38.3 Å². The van der Waals surface area contributed by atoms with E-state index >= 15 is 0 Å². The molecule has 28 heavy (non-hydrogen) atoms. The molecular weight excluding hydrogens is 376 g/mol. The van der Waals surface area contributed by atoms with Gasteiger partial charge in [-0.2, -0.15) is 0 Å². The van der Waals surface area contributed by atoms with Crippen LogP contribution in [-0.4, -0.2) is 43.3 Å². The zero-order chi connectivity index (χ0) is 19.6. The second-order valence-corrected chi connectivity index (χ2v) is 12.5. The molecule has 146 valence electrons. The van der Waals surface area contributed by atoms with Crippen LogP contribution in [-0.2, 0) is 9.47 Å². The highest BCUT2D eigenvalue weighted by atomic mass is 28.3. The van der Waals surface area contributed by atoms with Crippen LogP contribution in [0.1, 0.15) is 13.8 Å². The van der Waals surface area contributed by atoms with Gasteiger partial charge >= 0.3 is 0 Å². The van der Waals surface area contributed by atoms with E-state index in [4.69, 9.17) is 9.47 Å². The van der Waals surface area contributed by atoms with Crippen LogP contribution in [0.5, 0.6) is 0 Å². The van der Waals surface area contributed by atoms with Crippen LogP contribution < -0.4 is 20.7 Å². The van der Waals surface area contributed by atoms with E-state index in [0.29, 0.717) is 0 Å². The second-order valence-electron chi connectivity index (χ2n) is 6.91. The Bertz CT molecular complexity index is 737.